The lowest BCUT2D eigenvalue weighted by Gasteiger charge is -2.12. The first-order chi connectivity index (χ1) is 16.4. The van der Waals surface area contributed by atoms with E-state index in [1.54, 1.807) is 37.3 Å². The van der Waals surface area contributed by atoms with Crippen LogP contribution in [0.15, 0.2) is 72.8 Å². The van der Waals surface area contributed by atoms with Crippen LogP contribution in [0.3, 0.4) is 0 Å². The van der Waals surface area contributed by atoms with E-state index in [1.807, 2.05) is 6.07 Å². The van der Waals surface area contributed by atoms with Gasteiger partial charge in [-0.2, -0.15) is 0 Å². The first kappa shape index (κ1) is 24.4. The molecular weight excluding hydrogens is 439 g/mol. The van der Waals surface area contributed by atoms with Crippen molar-refractivity contribution in [3.05, 3.63) is 95.3 Å². The van der Waals surface area contributed by atoms with Gasteiger partial charge in [-0.3, -0.25) is 9.59 Å². The second-order valence-corrected chi connectivity index (χ2v) is 7.33. The molecule has 3 rings (SSSR count). The van der Waals surface area contributed by atoms with Gasteiger partial charge >= 0.3 is 6.16 Å². The lowest BCUT2D eigenvalue weighted by Crippen LogP contribution is -2.24. The molecule has 0 radical (unpaired) electrons. The van der Waals surface area contributed by atoms with Crippen molar-refractivity contribution in [2.75, 3.05) is 11.9 Å². The molecule has 2 amide bonds. The summed E-state index contributed by atoms with van der Waals surface area (Å²) in [6.07, 6.45) is -0.164. The molecule has 7 nitrogen and oxygen atoms in total. The van der Waals surface area contributed by atoms with Crippen LogP contribution >= 0.6 is 0 Å². The largest absolute Gasteiger partial charge is 0.513 e. The number of anilines is 1. The highest BCUT2D eigenvalue weighted by Crippen LogP contribution is 2.18. The summed E-state index contributed by atoms with van der Waals surface area (Å²) in [4.78, 5) is 36.3. The summed E-state index contributed by atoms with van der Waals surface area (Å²) in [7, 11) is 0. The van der Waals surface area contributed by atoms with Gasteiger partial charge in [-0.1, -0.05) is 30.3 Å². The molecule has 0 aliphatic carbocycles. The minimum atomic E-state index is -0.813. The number of nitrogens with one attached hydrogen (secondary N) is 2. The molecule has 0 aromatic heterocycles. The molecule has 0 heterocycles. The fraction of sp³-hybridized carbons (Fsp3) is 0.192. The minimum absolute atomic E-state index is 0.178. The Balaban J connectivity index is 1.54. The maximum absolute atomic E-state index is 13.3. The molecule has 3 aromatic carbocycles. The summed E-state index contributed by atoms with van der Waals surface area (Å²) in [5.41, 5.74) is 2.41. The van der Waals surface area contributed by atoms with Gasteiger partial charge in [0.2, 0.25) is 5.91 Å². The van der Waals surface area contributed by atoms with Crippen molar-refractivity contribution in [2.24, 2.45) is 0 Å². The Labute approximate surface area is 196 Å². The Kier molecular flexibility index (Phi) is 8.73. The maximum atomic E-state index is 13.3. The number of hydrogen-bond donors (Lipinski definition) is 2. The van der Waals surface area contributed by atoms with Crippen LogP contribution < -0.4 is 15.4 Å². The van der Waals surface area contributed by atoms with E-state index in [0.29, 0.717) is 17.7 Å². The second-order valence-electron chi connectivity index (χ2n) is 7.33. The lowest BCUT2D eigenvalue weighted by molar-refractivity contribution is -0.121. The molecule has 0 atom stereocenters. The number of aryl methyl sites for hydroxylation is 1. The van der Waals surface area contributed by atoms with Crippen LogP contribution in [0.2, 0.25) is 0 Å². The van der Waals surface area contributed by atoms with Crippen molar-refractivity contribution in [3.8, 4) is 5.75 Å². The smallest absolute Gasteiger partial charge is 0.434 e. The van der Waals surface area contributed by atoms with Crippen LogP contribution in [-0.2, 0) is 22.5 Å². The van der Waals surface area contributed by atoms with Crippen molar-refractivity contribution in [1.82, 2.24) is 5.32 Å². The SMILES string of the molecule is CCOC(=O)Oc1ccc(C(=O)Nc2ccccc2CNC(=O)CCc2cccc(F)c2)cc1. The zero-order valence-electron chi connectivity index (χ0n) is 18.7. The average molecular weight is 464 g/mol. The number of rotatable bonds is 9. The molecule has 176 valence electrons. The van der Waals surface area contributed by atoms with Crippen LogP contribution in [0.4, 0.5) is 14.9 Å². The van der Waals surface area contributed by atoms with Gasteiger partial charge in [0.05, 0.1) is 6.61 Å². The fourth-order valence-electron chi connectivity index (χ4n) is 3.14. The second kappa shape index (κ2) is 12.2. The molecule has 8 heteroatoms. The third kappa shape index (κ3) is 7.44. The fourth-order valence-corrected chi connectivity index (χ4v) is 3.14. The van der Waals surface area contributed by atoms with Gasteiger partial charge in [0.25, 0.3) is 5.91 Å². The third-order valence-electron chi connectivity index (χ3n) is 4.85. The van der Waals surface area contributed by atoms with Crippen molar-refractivity contribution >= 4 is 23.7 Å². The number of carbonyl (C=O) groups excluding carboxylic acids is 3. The van der Waals surface area contributed by atoms with Gasteiger partial charge in [-0.25, -0.2) is 9.18 Å². The molecule has 2 N–H and O–H groups in total. The minimum Gasteiger partial charge on any atom is -0.434 e. The van der Waals surface area contributed by atoms with Crippen LogP contribution in [0.25, 0.3) is 0 Å². The number of ether oxygens (including phenoxy) is 2. The van der Waals surface area contributed by atoms with E-state index in [4.69, 9.17) is 9.47 Å². The Bertz CT molecular complexity index is 1150. The number of halogens is 1. The van der Waals surface area contributed by atoms with E-state index in [2.05, 4.69) is 10.6 Å². The molecule has 0 fully saturated rings. The van der Waals surface area contributed by atoms with E-state index >= 15 is 0 Å². The monoisotopic (exact) mass is 464 g/mol. The van der Waals surface area contributed by atoms with Gasteiger partial charge in [-0.15, -0.1) is 0 Å². The number of amides is 2. The highest BCUT2D eigenvalue weighted by molar-refractivity contribution is 6.04. The van der Waals surface area contributed by atoms with E-state index in [0.717, 1.165) is 11.1 Å². The zero-order valence-corrected chi connectivity index (χ0v) is 18.7. The first-order valence-electron chi connectivity index (χ1n) is 10.8. The predicted molar refractivity (Wildman–Crippen MR) is 125 cm³/mol. The summed E-state index contributed by atoms with van der Waals surface area (Å²) in [6, 6.07) is 19.3. The number of para-hydroxylation sites is 1. The van der Waals surface area contributed by atoms with Gasteiger partial charge in [-0.05, 0) is 66.9 Å². The first-order valence-corrected chi connectivity index (χ1v) is 10.8. The molecule has 0 saturated carbocycles. The molecule has 0 bridgehead atoms. The van der Waals surface area contributed by atoms with Crippen LogP contribution in [0.1, 0.15) is 34.8 Å². The van der Waals surface area contributed by atoms with E-state index in [1.165, 1.54) is 36.4 Å². The number of carbonyl (C=O) groups is 3. The Morgan fingerprint density at radius 2 is 1.71 bits per heavy atom. The summed E-state index contributed by atoms with van der Waals surface area (Å²) < 4.78 is 23.0. The quantitative estimate of drug-likeness (QED) is 0.348. The van der Waals surface area contributed by atoms with Gasteiger partial charge in [0, 0.05) is 24.2 Å². The van der Waals surface area contributed by atoms with Crippen LogP contribution in [0, 0.1) is 5.82 Å². The van der Waals surface area contributed by atoms with E-state index < -0.39 is 6.16 Å². The summed E-state index contributed by atoms with van der Waals surface area (Å²) in [5.74, 6) is -0.602. The summed E-state index contributed by atoms with van der Waals surface area (Å²) in [6.45, 7) is 2.10. The van der Waals surface area contributed by atoms with Gasteiger partial charge in [0.15, 0.2) is 0 Å². The topological polar surface area (TPSA) is 93.7 Å². The Hall–Kier alpha value is -4.20. The van der Waals surface area contributed by atoms with Crippen molar-refractivity contribution in [3.63, 3.8) is 0 Å². The molecule has 34 heavy (non-hydrogen) atoms. The highest BCUT2D eigenvalue weighted by Gasteiger charge is 2.12. The highest BCUT2D eigenvalue weighted by atomic mass is 19.1. The third-order valence-corrected chi connectivity index (χ3v) is 4.85. The summed E-state index contributed by atoms with van der Waals surface area (Å²) >= 11 is 0. The van der Waals surface area contributed by atoms with Gasteiger partial charge in [0.1, 0.15) is 11.6 Å². The molecule has 0 spiro atoms. The molecule has 0 aliphatic heterocycles. The molecule has 0 saturated heterocycles. The predicted octanol–water partition coefficient (Wildman–Crippen LogP) is 4.86. The lowest BCUT2D eigenvalue weighted by atomic mass is 10.1. The van der Waals surface area contributed by atoms with E-state index in [-0.39, 0.29) is 43.0 Å². The van der Waals surface area contributed by atoms with E-state index in [9.17, 15) is 18.8 Å². The standard InChI is InChI=1S/C26H25FN2O5/c1-2-33-26(32)34-22-13-11-19(12-14-22)25(31)29-23-9-4-3-7-20(23)17-28-24(30)15-10-18-6-5-8-21(27)16-18/h3-9,11-14,16H,2,10,15,17H2,1H3,(H,28,30)(H,29,31). The van der Waals surface area contributed by atoms with Gasteiger partial charge < -0.3 is 20.1 Å². The van der Waals surface area contributed by atoms with Crippen molar-refractivity contribution in [2.45, 2.75) is 26.3 Å². The zero-order chi connectivity index (χ0) is 24.3. The van der Waals surface area contributed by atoms with Crippen molar-refractivity contribution in [1.29, 1.82) is 0 Å². The molecule has 3 aromatic rings. The normalized spacial score (nSPS) is 10.3. The van der Waals surface area contributed by atoms with Crippen LogP contribution in [-0.4, -0.2) is 24.6 Å². The number of hydrogen-bond acceptors (Lipinski definition) is 5. The Morgan fingerprint density at radius 3 is 2.44 bits per heavy atom. The molecule has 0 aliphatic rings. The maximum Gasteiger partial charge on any atom is 0.513 e. The number of benzene rings is 3. The summed E-state index contributed by atoms with van der Waals surface area (Å²) in [5, 5.41) is 5.66. The molecule has 0 unspecified atom stereocenters. The Morgan fingerprint density at radius 1 is 0.941 bits per heavy atom. The average Bonchev–Trinajstić information content (AvgIpc) is 2.83. The van der Waals surface area contributed by atoms with Crippen LogP contribution in [0.5, 0.6) is 5.75 Å². The van der Waals surface area contributed by atoms with Crippen molar-refractivity contribution < 1.29 is 28.2 Å². The molecular formula is C26H25FN2O5.